The molecule has 1 unspecified atom stereocenters. The van der Waals surface area contributed by atoms with Gasteiger partial charge in [-0.05, 0) is 18.8 Å². The van der Waals surface area contributed by atoms with Gasteiger partial charge in [0.1, 0.15) is 5.82 Å². The van der Waals surface area contributed by atoms with Crippen LogP contribution in [0, 0.1) is 5.92 Å². The van der Waals surface area contributed by atoms with Gasteiger partial charge in [-0.25, -0.2) is 4.98 Å². The third kappa shape index (κ3) is 4.60. The lowest BCUT2D eigenvalue weighted by atomic mass is 10.1. The van der Waals surface area contributed by atoms with Gasteiger partial charge in [-0.15, -0.1) is 0 Å². The van der Waals surface area contributed by atoms with Crippen LogP contribution in [0.1, 0.15) is 19.8 Å². The van der Waals surface area contributed by atoms with Crippen molar-refractivity contribution < 1.29 is 5.11 Å². The summed E-state index contributed by atoms with van der Waals surface area (Å²) in [6.45, 7) is 3.00. The smallest absolute Gasteiger partial charge is 0.252 e. The highest BCUT2D eigenvalue weighted by molar-refractivity contribution is 5.31. The SMILES string of the molecule is CC(CO)CCCNc1cc(=O)[nH]cn1. The summed E-state index contributed by atoms with van der Waals surface area (Å²) in [7, 11) is 0. The summed E-state index contributed by atoms with van der Waals surface area (Å²) in [5, 5.41) is 11.9. The molecule has 5 heteroatoms. The van der Waals surface area contributed by atoms with Crippen LogP contribution in [0.5, 0.6) is 0 Å². The van der Waals surface area contributed by atoms with Gasteiger partial charge in [0.25, 0.3) is 5.56 Å². The summed E-state index contributed by atoms with van der Waals surface area (Å²) in [4.78, 5) is 17.3. The van der Waals surface area contributed by atoms with E-state index in [1.807, 2.05) is 6.92 Å². The van der Waals surface area contributed by atoms with Gasteiger partial charge >= 0.3 is 0 Å². The van der Waals surface area contributed by atoms with Crippen molar-refractivity contribution in [3.8, 4) is 0 Å². The third-order valence-electron chi connectivity index (χ3n) is 2.17. The van der Waals surface area contributed by atoms with Gasteiger partial charge in [0.2, 0.25) is 0 Å². The molecule has 15 heavy (non-hydrogen) atoms. The molecule has 84 valence electrons. The van der Waals surface area contributed by atoms with Gasteiger partial charge in [0.05, 0.1) is 6.33 Å². The van der Waals surface area contributed by atoms with Crippen LogP contribution in [-0.2, 0) is 0 Å². The first-order valence-electron chi connectivity index (χ1n) is 5.12. The van der Waals surface area contributed by atoms with E-state index in [4.69, 9.17) is 5.11 Å². The zero-order chi connectivity index (χ0) is 11.1. The number of anilines is 1. The van der Waals surface area contributed by atoms with Crippen molar-refractivity contribution in [2.75, 3.05) is 18.5 Å². The highest BCUT2D eigenvalue weighted by atomic mass is 16.3. The predicted molar refractivity (Wildman–Crippen MR) is 58.8 cm³/mol. The van der Waals surface area contributed by atoms with Crippen LogP contribution in [-0.4, -0.2) is 28.2 Å². The topological polar surface area (TPSA) is 78.0 Å². The van der Waals surface area contributed by atoms with Crippen LogP contribution < -0.4 is 10.9 Å². The number of nitrogens with zero attached hydrogens (tertiary/aromatic N) is 1. The van der Waals surface area contributed by atoms with E-state index in [0.717, 1.165) is 19.4 Å². The average Bonchev–Trinajstić information content (AvgIpc) is 2.24. The molecule has 5 nitrogen and oxygen atoms in total. The molecule has 0 spiro atoms. The number of H-pyrrole nitrogens is 1. The van der Waals surface area contributed by atoms with Crippen LogP contribution in [0.3, 0.4) is 0 Å². The van der Waals surface area contributed by atoms with E-state index < -0.39 is 0 Å². The average molecular weight is 211 g/mol. The van der Waals surface area contributed by atoms with Gasteiger partial charge in [0.15, 0.2) is 0 Å². The fourth-order valence-corrected chi connectivity index (χ4v) is 1.22. The van der Waals surface area contributed by atoms with E-state index >= 15 is 0 Å². The Labute approximate surface area is 88.6 Å². The summed E-state index contributed by atoms with van der Waals surface area (Å²) in [5.74, 6) is 0.925. The Balaban J connectivity index is 2.23. The summed E-state index contributed by atoms with van der Waals surface area (Å²) in [6.07, 6.45) is 3.30. The molecule has 0 saturated carbocycles. The summed E-state index contributed by atoms with van der Waals surface area (Å²) < 4.78 is 0. The van der Waals surface area contributed by atoms with Crippen molar-refractivity contribution in [2.45, 2.75) is 19.8 Å². The predicted octanol–water partition coefficient (Wildman–Crippen LogP) is 0.590. The molecule has 1 atom stereocenters. The lowest BCUT2D eigenvalue weighted by Gasteiger charge is -2.08. The maximum absolute atomic E-state index is 10.9. The van der Waals surface area contributed by atoms with Crippen molar-refractivity contribution in [1.82, 2.24) is 9.97 Å². The normalized spacial score (nSPS) is 12.4. The molecular weight excluding hydrogens is 194 g/mol. The molecule has 0 aliphatic rings. The Kier molecular flexibility index (Phi) is 4.83. The van der Waals surface area contributed by atoms with Crippen molar-refractivity contribution in [1.29, 1.82) is 0 Å². The van der Waals surface area contributed by atoms with Crippen LogP contribution in [0.25, 0.3) is 0 Å². The molecule has 1 aromatic rings. The molecule has 0 bridgehead atoms. The standard InChI is InChI=1S/C10H17N3O2/c1-8(6-14)3-2-4-11-9-5-10(15)13-7-12-9/h5,7-8,14H,2-4,6H2,1H3,(H2,11,12,13,15). The number of aliphatic hydroxyl groups is 1. The fourth-order valence-electron chi connectivity index (χ4n) is 1.22. The molecule has 1 rings (SSSR count). The Hall–Kier alpha value is -1.36. The molecule has 0 saturated heterocycles. The van der Waals surface area contributed by atoms with Gasteiger partial charge in [0, 0.05) is 19.2 Å². The van der Waals surface area contributed by atoms with Crippen molar-refractivity contribution in [2.24, 2.45) is 5.92 Å². The first kappa shape index (κ1) is 11.7. The molecule has 0 amide bonds. The number of aliphatic hydroxyl groups excluding tert-OH is 1. The Bertz CT molecular complexity index is 337. The van der Waals surface area contributed by atoms with E-state index in [2.05, 4.69) is 15.3 Å². The van der Waals surface area contributed by atoms with Crippen LogP contribution >= 0.6 is 0 Å². The second-order valence-electron chi connectivity index (χ2n) is 3.65. The number of nitrogens with one attached hydrogen (secondary N) is 2. The molecule has 0 fully saturated rings. The maximum atomic E-state index is 10.9. The van der Waals surface area contributed by atoms with E-state index in [0.29, 0.717) is 11.7 Å². The van der Waals surface area contributed by atoms with E-state index in [9.17, 15) is 4.79 Å². The Morgan fingerprint density at radius 2 is 2.47 bits per heavy atom. The highest BCUT2D eigenvalue weighted by Gasteiger charge is 1.99. The second-order valence-corrected chi connectivity index (χ2v) is 3.65. The number of hydrogen-bond acceptors (Lipinski definition) is 4. The number of rotatable bonds is 6. The van der Waals surface area contributed by atoms with Crippen LogP contribution in [0.15, 0.2) is 17.2 Å². The zero-order valence-electron chi connectivity index (χ0n) is 8.86. The maximum Gasteiger partial charge on any atom is 0.252 e. The number of hydrogen-bond donors (Lipinski definition) is 3. The molecule has 1 aromatic heterocycles. The second kappa shape index (κ2) is 6.19. The fraction of sp³-hybridized carbons (Fsp3) is 0.600. The van der Waals surface area contributed by atoms with Gasteiger partial charge in [-0.3, -0.25) is 4.79 Å². The van der Waals surface area contributed by atoms with Crippen molar-refractivity contribution in [3.05, 3.63) is 22.7 Å². The van der Waals surface area contributed by atoms with Gasteiger partial charge < -0.3 is 15.4 Å². The van der Waals surface area contributed by atoms with E-state index in [1.165, 1.54) is 12.4 Å². The van der Waals surface area contributed by atoms with Gasteiger partial charge in [-0.1, -0.05) is 6.92 Å². The molecule has 0 aliphatic carbocycles. The molecule has 0 radical (unpaired) electrons. The highest BCUT2D eigenvalue weighted by Crippen LogP contribution is 2.04. The molecule has 0 aromatic carbocycles. The zero-order valence-corrected chi connectivity index (χ0v) is 8.86. The summed E-state index contributed by atoms with van der Waals surface area (Å²) in [6, 6.07) is 1.43. The minimum absolute atomic E-state index is 0.156. The minimum Gasteiger partial charge on any atom is -0.396 e. The number of aromatic nitrogens is 2. The van der Waals surface area contributed by atoms with E-state index in [1.54, 1.807) is 0 Å². The third-order valence-corrected chi connectivity index (χ3v) is 2.17. The quantitative estimate of drug-likeness (QED) is 0.602. The van der Waals surface area contributed by atoms with Crippen LogP contribution in [0.4, 0.5) is 5.82 Å². The van der Waals surface area contributed by atoms with Crippen LogP contribution in [0.2, 0.25) is 0 Å². The lowest BCUT2D eigenvalue weighted by molar-refractivity contribution is 0.229. The summed E-state index contributed by atoms with van der Waals surface area (Å²) in [5.41, 5.74) is -0.156. The minimum atomic E-state index is -0.156. The van der Waals surface area contributed by atoms with Crippen molar-refractivity contribution >= 4 is 5.82 Å². The largest absolute Gasteiger partial charge is 0.396 e. The lowest BCUT2D eigenvalue weighted by Crippen LogP contribution is -2.11. The molecular formula is C10H17N3O2. The number of aromatic amines is 1. The van der Waals surface area contributed by atoms with Gasteiger partial charge in [-0.2, -0.15) is 0 Å². The molecule has 0 aliphatic heterocycles. The first-order chi connectivity index (χ1) is 7.22. The van der Waals surface area contributed by atoms with E-state index in [-0.39, 0.29) is 12.2 Å². The Morgan fingerprint density at radius 3 is 3.13 bits per heavy atom. The summed E-state index contributed by atoms with van der Waals surface area (Å²) >= 11 is 0. The Morgan fingerprint density at radius 1 is 1.67 bits per heavy atom. The van der Waals surface area contributed by atoms with Crippen molar-refractivity contribution in [3.63, 3.8) is 0 Å². The monoisotopic (exact) mass is 211 g/mol. The molecule has 1 heterocycles. The first-order valence-corrected chi connectivity index (χ1v) is 5.12. The molecule has 3 N–H and O–H groups in total.